The number of aromatic nitrogens is 3. The summed E-state index contributed by atoms with van der Waals surface area (Å²) in [6, 6.07) is 7.77. The predicted octanol–water partition coefficient (Wildman–Crippen LogP) is 1.17. The summed E-state index contributed by atoms with van der Waals surface area (Å²) in [5, 5.41) is 8.32. The highest BCUT2D eigenvalue weighted by atomic mass is 16.5. The van der Waals surface area contributed by atoms with E-state index in [-0.39, 0.29) is 24.5 Å². The third-order valence-electron chi connectivity index (χ3n) is 5.05. The first kappa shape index (κ1) is 17.5. The summed E-state index contributed by atoms with van der Waals surface area (Å²) in [6.45, 7) is 4.54. The van der Waals surface area contributed by atoms with Gasteiger partial charge >= 0.3 is 0 Å². The Morgan fingerprint density at radius 3 is 2.74 bits per heavy atom. The Bertz CT molecular complexity index is 826. The third kappa shape index (κ3) is 3.94. The third-order valence-corrected chi connectivity index (χ3v) is 5.05. The summed E-state index contributed by atoms with van der Waals surface area (Å²) in [4.78, 5) is 27.5. The molecule has 0 saturated carbocycles. The summed E-state index contributed by atoms with van der Waals surface area (Å²) in [5.74, 6) is 0.844. The first-order valence-corrected chi connectivity index (χ1v) is 9.24. The van der Waals surface area contributed by atoms with Crippen LogP contribution in [0.25, 0.3) is 0 Å². The molecule has 2 amide bonds. The SMILES string of the molecule is Cc1ccc(OCC(=O)N2CC(n3cc(CN4CCCC4=O)nn3)C2)cc1. The van der Waals surface area contributed by atoms with Crippen molar-refractivity contribution in [1.29, 1.82) is 0 Å². The Morgan fingerprint density at radius 1 is 1.26 bits per heavy atom. The maximum absolute atomic E-state index is 12.2. The van der Waals surface area contributed by atoms with Crippen molar-refractivity contribution in [2.45, 2.75) is 32.4 Å². The Hall–Kier alpha value is -2.90. The molecule has 0 radical (unpaired) electrons. The minimum atomic E-state index is -0.0326. The molecule has 4 rings (SSSR count). The number of benzene rings is 1. The topological polar surface area (TPSA) is 80.6 Å². The molecule has 2 aromatic rings. The van der Waals surface area contributed by atoms with Crippen LogP contribution in [-0.4, -0.2) is 62.8 Å². The van der Waals surface area contributed by atoms with Crippen molar-refractivity contribution in [1.82, 2.24) is 24.8 Å². The van der Waals surface area contributed by atoms with Gasteiger partial charge in [0, 0.05) is 26.1 Å². The van der Waals surface area contributed by atoms with Crippen molar-refractivity contribution in [3.63, 3.8) is 0 Å². The molecule has 2 aliphatic rings. The van der Waals surface area contributed by atoms with Crippen LogP contribution in [0.1, 0.15) is 30.1 Å². The molecule has 8 nitrogen and oxygen atoms in total. The van der Waals surface area contributed by atoms with E-state index in [9.17, 15) is 9.59 Å². The van der Waals surface area contributed by atoms with Gasteiger partial charge in [0.1, 0.15) is 11.4 Å². The molecule has 142 valence electrons. The van der Waals surface area contributed by atoms with Gasteiger partial charge in [-0.25, -0.2) is 4.68 Å². The average Bonchev–Trinajstić information content (AvgIpc) is 3.23. The van der Waals surface area contributed by atoms with Crippen LogP contribution in [0.5, 0.6) is 5.75 Å². The summed E-state index contributed by atoms with van der Waals surface area (Å²) in [6.07, 6.45) is 3.41. The number of hydrogen-bond donors (Lipinski definition) is 0. The molecule has 1 aromatic carbocycles. The van der Waals surface area contributed by atoms with Gasteiger partial charge in [0.2, 0.25) is 5.91 Å². The highest BCUT2D eigenvalue weighted by Crippen LogP contribution is 2.21. The Balaban J connectivity index is 1.23. The number of carbonyl (C=O) groups is 2. The van der Waals surface area contributed by atoms with Gasteiger partial charge in [0.25, 0.3) is 5.91 Å². The first-order valence-electron chi connectivity index (χ1n) is 9.24. The van der Waals surface area contributed by atoms with E-state index < -0.39 is 0 Å². The smallest absolute Gasteiger partial charge is 0.260 e. The molecule has 2 aliphatic heterocycles. The van der Waals surface area contributed by atoms with Crippen molar-refractivity contribution < 1.29 is 14.3 Å². The zero-order valence-corrected chi connectivity index (χ0v) is 15.4. The van der Waals surface area contributed by atoms with E-state index in [1.165, 1.54) is 0 Å². The second-order valence-corrected chi connectivity index (χ2v) is 7.16. The maximum Gasteiger partial charge on any atom is 0.260 e. The lowest BCUT2D eigenvalue weighted by molar-refractivity contribution is -0.139. The number of nitrogens with zero attached hydrogens (tertiary/aromatic N) is 5. The minimum absolute atomic E-state index is 0.0326. The van der Waals surface area contributed by atoms with E-state index in [4.69, 9.17) is 4.74 Å². The van der Waals surface area contributed by atoms with Gasteiger partial charge in [-0.3, -0.25) is 9.59 Å². The lowest BCUT2D eigenvalue weighted by Gasteiger charge is -2.38. The molecule has 0 aliphatic carbocycles. The number of hydrogen-bond acceptors (Lipinski definition) is 5. The monoisotopic (exact) mass is 369 g/mol. The van der Waals surface area contributed by atoms with Gasteiger partial charge in [-0.2, -0.15) is 0 Å². The zero-order chi connectivity index (χ0) is 18.8. The first-order chi connectivity index (χ1) is 13.1. The molecule has 1 aromatic heterocycles. The summed E-state index contributed by atoms with van der Waals surface area (Å²) in [7, 11) is 0. The molecule has 0 unspecified atom stereocenters. The number of amides is 2. The van der Waals surface area contributed by atoms with Crippen LogP contribution in [0.4, 0.5) is 0 Å². The molecular weight excluding hydrogens is 346 g/mol. The maximum atomic E-state index is 12.2. The highest BCUT2D eigenvalue weighted by Gasteiger charge is 2.33. The summed E-state index contributed by atoms with van der Waals surface area (Å²) in [5.41, 5.74) is 1.94. The Kier molecular flexibility index (Phi) is 4.79. The van der Waals surface area contributed by atoms with Gasteiger partial charge in [-0.05, 0) is 25.5 Å². The quantitative estimate of drug-likeness (QED) is 0.764. The van der Waals surface area contributed by atoms with E-state index in [1.807, 2.05) is 42.3 Å². The van der Waals surface area contributed by atoms with E-state index in [0.717, 1.165) is 24.2 Å². The molecule has 0 atom stereocenters. The number of carbonyl (C=O) groups excluding carboxylic acids is 2. The van der Waals surface area contributed by atoms with E-state index in [2.05, 4.69) is 10.3 Å². The van der Waals surface area contributed by atoms with Gasteiger partial charge in [0.15, 0.2) is 6.61 Å². The van der Waals surface area contributed by atoms with Crippen molar-refractivity contribution in [2.24, 2.45) is 0 Å². The highest BCUT2D eigenvalue weighted by molar-refractivity contribution is 5.78. The van der Waals surface area contributed by atoms with Crippen LogP contribution >= 0.6 is 0 Å². The fourth-order valence-corrected chi connectivity index (χ4v) is 3.33. The summed E-state index contributed by atoms with van der Waals surface area (Å²) >= 11 is 0. The number of ether oxygens (including phenoxy) is 1. The van der Waals surface area contributed by atoms with Gasteiger partial charge in [-0.15, -0.1) is 5.10 Å². The van der Waals surface area contributed by atoms with E-state index in [1.54, 1.807) is 9.58 Å². The average molecular weight is 369 g/mol. The van der Waals surface area contributed by atoms with Crippen molar-refractivity contribution in [3.05, 3.63) is 41.7 Å². The van der Waals surface area contributed by atoms with Crippen molar-refractivity contribution in [3.8, 4) is 5.75 Å². The fourth-order valence-electron chi connectivity index (χ4n) is 3.33. The van der Waals surface area contributed by atoms with Crippen LogP contribution < -0.4 is 4.74 Å². The Labute approximate surface area is 157 Å². The van der Waals surface area contributed by atoms with Gasteiger partial charge in [-0.1, -0.05) is 22.9 Å². The second-order valence-electron chi connectivity index (χ2n) is 7.16. The number of likely N-dealkylation sites (tertiary alicyclic amines) is 2. The second kappa shape index (κ2) is 7.38. The molecular formula is C19H23N5O3. The van der Waals surface area contributed by atoms with Gasteiger partial charge in [0.05, 0.1) is 18.8 Å². The molecule has 0 N–H and O–H groups in total. The normalized spacial score (nSPS) is 17.3. The van der Waals surface area contributed by atoms with E-state index in [0.29, 0.717) is 31.8 Å². The van der Waals surface area contributed by atoms with Crippen LogP contribution in [0, 0.1) is 6.92 Å². The van der Waals surface area contributed by atoms with E-state index >= 15 is 0 Å². The number of rotatable bonds is 6. The van der Waals surface area contributed by atoms with Crippen molar-refractivity contribution >= 4 is 11.8 Å². The van der Waals surface area contributed by atoms with Crippen LogP contribution in [-0.2, 0) is 16.1 Å². The lowest BCUT2D eigenvalue weighted by atomic mass is 10.1. The standard InChI is InChI=1S/C19H23N5O3/c1-14-4-6-17(7-5-14)27-13-19(26)23-11-16(12-23)24-10-15(20-21-24)9-22-8-2-3-18(22)25/h4-7,10,16H,2-3,8-9,11-13H2,1H3. The van der Waals surface area contributed by atoms with Gasteiger partial charge < -0.3 is 14.5 Å². The summed E-state index contributed by atoms with van der Waals surface area (Å²) < 4.78 is 7.34. The molecule has 2 saturated heterocycles. The number of aryl methyl sites for hydroxylation is 1. The fraction of sp³-hybridized carbons (Fsp3) is 0.474. The van der Waals surface area contributed by atoms with Crippen LogP contribution in [0.2, 0.25) is 0 Å². The van der Waals surface area contributed by atoms with Crippen molar-refractivity contribution in [2.75, 3.05) is 26.2 Å². The lowest BCUT2D eigenvalue weighted by Crippen LogP contribution is -2.52. The minimum Gasteiger partial charge on any atom is -0.484 e. The molecule has 2 fully saturated rings. The largest absolute Gasteiger partial charge is 0.484 e. The molecule has 27 heavy (non-hydrogen) atoms. The van der Waals surface area contributed by atoms with Crippen LogP contribution in [0.15, 0.2) is 30.5 Å². The zero-order valence-electron chi connectivity index (χ0n) is 15.4. The van der Waals surface area contributed by atoms with Crippen LogP contribution in [0.3, 0.4) is 0 Å². The molecule has 8 heteroatoms. The molecule has 3 heterocycles. The molecule has 0 spiro atoms. The predicted molar refractivity (Wildman–Crippen MR) is 97.0 cm³/mol. The Morgan fingerprint density at radius 2 is 2.04 bits per heavy atom. The molecule has 0 bridgehead atoms.